The zero-order chi connectivity index (χ0) is 15.1. The first-order valence-electron chi connectivity index (χ1n) is 6.69. The number of rotatable bonds is 3. The van der Waals surface area contributed by atoms with Crippen LogP contribution in [0.25, 0.3) is 21.9 Å². The van der Waals surface area contributed by atoms with Gasteiger partial charge in [0.2, 0.25) is 0 Å². The highest BCUT2D eigenvalue weighted by atomic mass is 35.5. The summed E-state index contributed by atoms with van der Waals surface area (Å²) in [5.74, 6) is 0.805. The molecule has 0 saturated carbocycles. The third-order valence-electron chi connectivity index (χ3n) is 3.46. The summed E-state index contributed by atoms with van der Waals surface area (Å²) in [5.41, 5.74) is 1.88. The molecule has 5 nitrogen and oxygen atoms in total. The number of hydrogen-bond donors (Lipinski definition) is 2. The van der Waals surface area contributed by atoms with Crippen molar-refractivity contribution in [3.05, 3.63) is 47.7 Å². The Hall–Kier alpha value is -2.18. The summed E-state index contributed by atoms with van der Waals surface area (Å²) < 4.78 is 5.08. The van der Waals surface area contributed by atoms with Gasteiger partial charge in [0.15, 0.2) is 11.5 Å². The third kappa shape index (κ3) is 2.20. The van der Waals surface area contributed by atoms with E-state index in [4.69, 9.17) is 11.6 Å². The van der Waals surface area contributed by atoms with E-state index in [1.165, 1.54) is 11.9 Å². The molecule has 3 heterocycles. The number of benzene rings is 1. The van der Waals surface area contributed by atoms with Crippen molar-refractivity contribution in [2.24, 2.45) is 7.05 Å². The molecule has 1 aromatic carbocycles. The molecule has 0 spiro atoms. The lowest BCUT2D eigenvalue weighted by Gasteiger charge is -2.01. The zero-order valence-corrected chi connectivity index (χ0v) is 13.2. The van der Waals surface area contributed by atoms with E-state index < -0.39 is 0 Å². The minimum Gasteiger partial charge on any atom is -0.360 e. The SMILES string of the molecule is Cn1nc(NSc2c[nH]c3cc(Cl)ccc23)c2cccnc21. The highest BCUT2D eigenvalue weighted by Crippen LogP contribution is 2.31. The van der Waals surface area contributed by atoms with Crippen LogP contribution in [0.5, 0.6) is 0 Å². The Morgan fingerprint density at radius 2 is 2.18 bits per heavy atom. The minimum absolute atomic E-state index is 0.723. The van der Waals surface area contributed by atoms with Crippen LogP contribution in [0.2, 0.25) is 5.02 Å². The molecule has 0 aliphatic heterocycles. The second kappa shape index (κ2) is 5.23. The number of anilines is 1. The molecule has 0 fully saturated rings. The molecule has 0 unspecified atom stereocenters. The fraction of sp³-hybridized carbons (Fsp3) is 0.0667. The van der Waals surface area contributed by atoms with E-state index in [-0.39, 0.29) is 0 Å². The van der Waals surface area contributed by atoms with Crippen LogP contribution >= 0.6 is 23.5 Å². The maximum Gasteiger partial charge on any atom is 0.167 e. The fourth-order valence-corrected chi connectivity index (χ4v) is 3.36. The summed E-state index contributed by atoms with van der Waals surface area (Å²) in [4.78, 5) is 8.65. The van der Waals surface area contributed by atoms with Crippen molar-refractivity contribution in [3.8, 4) is 0 Å². The Balaban J connectivity index is 1.66. The number of H-pyrrole nitrogens is 1. The van der Waals surface area contributed by atoms with Crippen molar-refractivity contribution in [2.45, 2.75) is 4.90 Å². The van der Waals surface area contributed by atoms with Crippen molar-refractivity contribution >= 4 is 51.3 Å². The van der Waals surface area contributed by atoms with Gasteiger partial charge in [0, 0.05) is 35.4 Å². The van der Waals surface area contributed by atoms with Crippen molar-refractivity contribution in [2.75, 3.05) is 4.72 Å². The lowest BCUT2D eigenvalue weighted by Crippen LogP contribution is -1.92. The molecule has 4 aromatic rings. The monoisotopic (exact) mass is 329 g/mol. The van der Waals surface area contributed by atoms with Crippen molar-refractivity contribution < 1.29 is 0 Å². The molecular weight excluding hydrogens is 318 g/mol. The summed E-state index contributed by atoms with van der Waals surface area (Å²) in [7, 11) is 1.89. The number of hydrogen-bond acceptors (Lipinski definition) is 4. The van der Waals surface area contributed by atoms with Gasteiger partial charge in [0.05, 0.1) is 10.3 Å². The zero-order valence-electron chi connectivity index (χ0n) is 11.7. The van der Waals surface area contributed by atoms with Gasteiger partial charge in [0.1, 0.15) is 0 Å². The first kappa shape index (κ1) is 13.5. The van der Waals surface area contributed by atoms with Crippen LogP contribution in [-0.2, 0) is 7.05 Å². The van der Waals surface area contributed by atoms with Gasteiger partial charge in [-0.15, -0.1) is 0 Å². The molecule has 4 rings (SSSR count). The molecule has 3 aromatic heterocycles. The predicted molar refractivity (Wildman–Crippen MR) is 91.3 cm³/mol. The fourth-order valence-electron chi connectivity index (χ4n) is 2.43. The van der Waals surface area contributed by atoms with Crippen LogP contribution in [0, 0.1) is 0 Å². The van der Waals surface area contributed by atoms with Crippen LogP contribution < -0.4 is 4.72 Å². The Morgan fingerprint density at radius 1 is 1.27 bits per heavy atom. The highest BCUT2D eigenvalue weighted by Gasteiger charge is 2.10. The van der Waals surface area contributed by atoms with E-state index in [1.807, 2.05) is 43.6 Å². The van der Waals surface area contributed by atoms with Crippen LogP contribution in [0.3, 0.4) is 0 Å². The van der Waals surface area contributed by atoms with Crippen LogP contribution in [0.1, 0.15) is 0 Å². The highest BCUT2D eigenvalue weighted by molar-refractivity contribution is 8.00. The molecule has 2 N–H and O–H groups in total. The normalized spacial score (nSPS) is 11.4. The molecule has 0 aliphatic rings. The van der Waals surface area contributed by atoms with Crippen LogP contribution in [-0.4, -0.2) is 19.7 Å². The van der Waals surface area contributed by atoms with Gasteiger partial charge in [0.25, 0.3) is 0 Å². The number of aromatic amines is 1. The van der Waals surface area contributed by atoms with E-state index in [0.717, 1.165) is 37.7 Å². The first-order chi connectivity index (χ1) is 10.7. The third-order valence-corrected chi connectivity index (χ3v) is 4.55. The quantitative estimate of drug-likeness (QED) is 0.552. The summed E-state index contributed by atoms with van der Waals surface area (Å²) in [6, 6.07) is 9.74. The smallest absolute Gasteiger partial charge is 0.167 e. The van der Waals surface area contributed by atoms with E-state index in [0.29, 0.717) is 0 Å². The number of aryl methyl sites for hydroxylation is 1. The summed E-state index contributed by atoms with van der Waals surface area (Å²) in [5, 5.41) is 7.32. The molecular formula is C15H12ClN5S. The van der Waals surface area contributed by atoms with Gasteiger partial charge < -0.3 is 9.71 Å². The molecule has 0 saturated heterocycles. The Morgan fingerprint density at radius 3 is 3.09 bits per heavy atom. The Kier molecular flexibility index (Phi) is 3.20. The number of fused-ring (bicyclic) bond motifs is 2. The lowest BCUT2D eigenvalue weighted by atomic mass is 10.2. The molecule has 22 heavy (non-hydrogen) atoms. The van der Waals surface area contributed by atoms with E-state index in [2.05, 4.69) is 19.8 Å². The maximum atomic E-state index is 6.01. The minimum atomic E-state index is 0.723. The Bertz CT molecular complexity index is 975. The lowest BCUT2D eigenvalue weighted by molar-refractivity contribution is 0.791. The van der Waals surface area contributed by atoms with Gasteiger partial charge in [-0.2, -0.15) is 5.10 Å². The molecule has 7 heteroatoms. The van der Waals surface area contributed by atoms with E-state index in [9.17, 15) is 0 Å². The average molecular weight is 330 g/mol. The molecule has 110 valence electrons. The van der Waals surface area contributed by atoms with Crippen LogP contribution in [0.15, 0.2) is 47.6 Å². The number of halogens is 1. The number of nitrogens with one attached hydrogen (secondary N) is 2. The maximum absolute atomic E-state index is 6.01. The second-order valence-corrected chi connectivity index (χ2v) is 6.18. The van der Waals surface area contributed by atoms with Crippen molar-refractivity contribution in [3.63, 3.8) is 0 Å². The molecule has 0 radical (unpaired) electrons. The summed E-state index contributed by atoms with van der Waals surface area (Å²) >= 11 is 7.52. The largest absolute Gasteiger partial charge is 0.360 e. The summed E-state index contributed by atoms with van der Waals surface area (Å²) in [6.07, 6.45) is 3.73. The molecule has 0 atom stereocenters. The molecule has 0 amide bonds. The van der Waals surface area contributed by atoms with Crippen LogP contribution in [0.4, 0.5) is 5.82 Å². The number of aromatic nitrogens is 4. The first-order valence-corrected chi connectivity index (χ1v) is 7.89. The van der Waals surface area contributed by atoms with Gasteiger partial charge in [-0.3, -0.25) is 0 Å². The topological polar surface area (TPSA) is 58.5 Å². The van der Waals surface area contributed by atoms with E-state index in [1.54, 1.807) is 10.9 Å². The summed E-state index contributed by atoms with van der Waals surface area (Å²) in [6.45, 7) is 0. The van der Waals surface area contributed by atoms with Gasteiger partial charge in [-0.1, -0.05) is 17.7 Å². The second-order valence-electron chi connectivity index (χ2n) is 4.89. The molecule has 0 bridgehead atoms. The molecule has 0 aliphatic carbocycles. The van der Waals surface area contributed by atoms with Gasteiger partial charge >= 0.3 is 0 Å². The van der Waals surface area contributed by atoms with Crippen molar-refractivity contribution in [1.82, 2.24) is 19.7 Å². The van der Waals surface area contributed by atoms with Gasteiger partial charge in [-0.05, 0) is 36.2 Å². The predicted octanol–water partition coefficient (Wildman–Crippen LogP) is 4.22. The average Bonchev–Trinajstić information content (AvgIpc) is 3.07. The number of nitrogens with zero attached hydrogens (tertiary/aromatic N) is 3. The standard InChI is InChI=1S/C15H12ClN5S/c1-21-15-11(3-2-6-17-15)14(19-21)20-22-13-8-18-12-7-9(16)4-5-10(12)13/h2-8,18H,1H3,(H,19,20). The Labute approximate surface area is 135 Å². The van der Waals surface area contributed by atoms with Gasteiger partial charge in [-0.25, -0.2) is 9.67 Å². The number of pyridine rings is 1. The van der Waals surface area contributed by atoms with E-state index >= 15 is 0 Å². The van der Waals surface area contributed by atoms with Crippen molar-refractivity contribution in [1.29, 1.82) is 0 Å².